The van der Waals surface area contributed by atoms with Crippen LogP contribution in [0.15, 0.2) is 52.4 Å². The van der Waals surface area contributed by atoms with E-state index in [2.05, 4.69) is 33.2 Å². The van der Waals surface area contributed by atoms with Crippen molar-refractivity contribution in [2.45, 2.75) is 20.0 Å². The Morgan fingerprint density at radius 1 is 1.38 bits per heavy atom. The minimum absolute atomic E-state index is 0.446. The average molecular weight is 352 g/mol. The molecule has 3 rings (SSSR count). The van der Waals surface area contributed by atoms with Gasteiger partial charge in [0.2, 0.25) is 0 Å². The summed E-state index contributed by atoms with van der Waals surface area (Å²) >= 11 is 0. The number of nitrogens with zero attached hydrogens (tertiary/aromatic N) is 5. The molecule has 0 aliphatic heterocycles. The van der Waals surface area contributed by atoms with Crippen molar-refractivity contribution in [3.63, 3.8) is 0 Å². The number of fused-ring (bicyclic) bond motifs is 1. The van der Waals surface area contributed by atoms with Crippen LogP contribution in [0.4, 0.5) is 0 Å². The summed E-state index contributed by atoms with van der Waals surface area (Å²) in [4.78, 5) is 6.69. The smallest absolute Gasteiger partial charge is 0.194 e. The van der Waals surface area contributed by atoms with Crippen LogP contribution >= 0.6 is 0 Å². The van der Waals surface area contributed by atoms with Gasteiger partial charge in [-0.3, -0.25) is 0 Å². The molecule has 0 spiro atoms. The first-order valence-electron chi connectivity index (χ1n) is 8.51. The number of furan rings is 1. The fourth-order valence-electron chi connectivity index (χ4n) is 2.63. The van der Waals surface area contributed by atoms with Crippen LogP contribution in [0.1, 0.15) is 17.4 Å². The lowest BCUT2D eigenvalue weighted by molar-refractivity contribution is 0.413. The van der Waals surface area contributed by atoms with Gasteiger partial charge < -0.3 is 19.2 Å². The molecular formula is C19H24N6O. The number of hydrogen-bond donors (Lipinski definition) is 1. The molecule has 7 heteroatoms. The van der Waals surface area contributed by atoms with Gasteiger partial charge in [0.05, 0.1) is 6.54 Å². The predicted octanol–water partition coefficient (Wildman–Crippen LogP) is 2.63. The topological polar surface area (TPSA) is 71.5 Å². The Bertz CT molecular complexity index is 890. The summed E-state index contributed by atoms with van der Waals surface area (Å²) < 4.78 is 7.85. The third-order valence-corrected chi connectivity index (χ3v) is 4.19. The molecule has 0 bridgehead atoms. The third kappa shape index (κ3) is 3.93. The molecule has 0 saturated heterocycles. The van der Waals surface area contributed by atoms with Gasteiger partial charge in [0.15, 0.2) is 11.8 Å². The second kappa shape index (κ2) is 7.86. The predicted molar refractivity (Wildman–Crippen MR) is 103 cm³/mol. The molecule has 1 aromatic carbocycles. The van der Waals surface area contributed by atoms with Gasteiger partial charge in [-0.25, -0.2) is 4.99 Å². The van der Waals surface area contributed by atoms with E-state index in [1.165, 1.54) is 0 Å². The fourth-order valence-corrected chi connectivity index (χ4v) is 2.63. The quantitative estimate of drug-likeness (QED) is 0.419. The summed E-state index contributed by atoms with van der Waals surface area (Å²) in [5.74, 6) is 3.33. The molecule has 0 amide bonds. The summed E-state index contributed by atoms with van der Waals surface area (Å²) in [6, 6.07) is 10.1. The molecule has 2 heterocycles. The number of aryl methyl sites for hydroxylation is 1. The molecule has 0 aliphatic carbocycles. The standard InChI is InChI=1S/C19H24N6O/c1-5-10-20-19(21-12-18-23-22-14(2)25(18)4)24(3)13-16-11-15-8-6-7-9-17(15)26-16/h5-9,11H,1,10,12-13H2,2-4H3,(H,20,21). The maximum absolute atomic E-state index is 5.91. The second-order valence-corrected chi connectivity index (χ2v) is 6.14. The van der Waals surface area contributed by atoms with Crippen LogP contribution < -0.4 is 5.32 Å². The van der Waals surface area contributed by atoms with Crippen LogP contribution in [0.2, 0.25) is 0 Å². The van der Waals surface area contributed by atoms with E-state index in [-0.39, 0.29) is 0 Å². The molecule has 136 valence electrons. The van der Waals surface area contributed by atoms with E-state index in [4.69, 9.17) is 4.42 Å². The normalized spacial score (nSPS) is 11.7. The fraction of sp³-hybridized carbons (Fsp3) is 0.316. The average Bonchev–Trinajstić information content (AvgIpc) is 3.18. The van der Waals surface area contributed by atoms with Gasteiger partial charge in [-0.1, -0.05) is 24.3 Å². The van der Waals surface area contributed by atoms with Gasteiger partial charge in [-0.05, 0) is 19.1 Å². The molecule has 1 N–H and O–H groups in total. The van der Waals surface area contributed by atoms with Crippen molar-refractivity contribution in [3.8, 4) is 0 Å². The van der Waals surface area contributed by atoms with Crippen molar-refractivity contribution in [1.29, 1.82) is 0 Å². The van der Waals surface area contributed by atoms with Gasteiger partial charge in [0.1, 0.15) is 23.7 Å². The number of benzene rings is 1. The molecular weight excluding hydrogens is 328 g/mol. The zero-order valence-electron chi connectivity index (χ0n) is 15.4. The number of guanidine groups is 1. The SMILES string of the molecule is C=CCNC(=NCc1nnc(C)n1C)N(C)Cc1cc2ccccc2o1. The van der Waals surface area contributed by atoms with Crippen molar-refractivity contribution in [2.24, 2.45) is 12.0 Å². The van der Waals surface area contributed by atoms with E-state index in [0.29, 0.717) is 19.6 Å². The van der Waals surface area contributed by atoms with Gasteiger partial charge in [0, 0.05) is 26.0 Å². The molecule has 0 radical (unpaired) electrons. The van der Waals surface area contributed by atoms with Crippen LogP contribution in [0, 0.1) is 6.92 Å². The lowest BCUT2D eigenvalue weighted by Gasteiger charge is -2.21. The number of rotatable bonds is 6. The van der Waals surface area contributed by atoms with Crippen molar-refractivity contribution in [3.05, 3.63) is 60.4 Å². The minimum Gasteiger partial charge on any atom is -0.459 e. The highest BCUT2D eigenvalue weighted by Crippen LogP contribution is 2.19. The Balaban J connectivity index is 1.75. The Kier molecular flexibility index (Phi) is 5.36. The first-order valence-corrected chi connectivity index (χ1v) is 8.51. The summed E-state index contributed by atoms with van der Waals surface area (Å²) in [5, 5.41) is 12.6. The molecule has 0 atom stereocenters. The van der Waals surface area contributed by atoms with Crippen LogP contribution in [0.25, 0.3) is 11.0 Å². The van der Waals surface area contributed by atoms with Gasteiger partial charge in [0.25, 0.3) is 0 Å². The van der Waals surface area contributed by atoms with Gasteiger partial charge >= 0.3 is 0 Å². The largest absolute Gasteiger partial charge is 0.459 e. The van der Waals surface area contributed by atoms with Crippen LogP contribution in [0.5, 0.6) is 0 Å². The van der Waals surface area contributed by atoms with Crippen molar-refractivity contribution in [2.75, 3.05) is 13.6 Å². The summed E-state index contributed by atoms with van der Waals surface area (Å²) in [5.41, 5.74) is 0.892. The second-order valence-electron chi connectivity index (χ2n) is 6.14. The number of nitrogens with one attached hydrogen (secondary N) is 1. The molecule has 26 heavy (non-hydrogen) atoms. The zero-order chi connectivity index (χ0) is 18.5. The van der Waals surface area contributed by atoms with Crippen molar-refractivity contribution < 1.29 is 4.42 Å². The zero-order valence-corrected chi connectivity index (χ0v) is 15.4. The van der Waals surface area contributed by atoms with E-state index in [1.54, 1.807) is 6.08 Å². The summed E-state index contributed by atoms with van der Waals surface area (Å²) in [6.45, 7) is 7.36. The van der Waals surface area contributed by atoms with Crippen molar-refractivity contribution >= 4 is 16.9 Å². The van der Waals surface area contributed by atoms with E-state index >= 15 is 0 Å². The first kappa shape index (κ1) is 17.7. The molecule has 3 aromatic rings. The number of aliphatic imine (C=N–C) groups is 1. The Hall–Kier alpha value is -3.09. The van der Waals surface area contributed by atoms with Gasteiger partial charge in [-0.2, -0.15) is 0 Å². The molecule has 7 nitrogen and oxygen atoms in total. The molecule has 0 fully saturated rings. The van der Waals surface area contributed by atoms with Gasteiger partial charge in [-0.15, -0.1) is 16.8 Å². The lowest BCUT2D eigenvalue weighted by atomic mass is 10.2. The maximum Gasteiger partial charge on any atom is 0.194 e. The summed E-state index contributed by atoms with van der Waals surface area (Å²) in [6.07, 6.45) is 1.80. The highest BCUT2D eigenvalue weighted by molar-refractivity contribution is 5.80. The highest BCUT2D eigenvalue weighted by atomic mass is 16.3. The highest BCUT2D eigenvalue weighted by Gasteiger charge is 2.11. The Morgan fingerprint density at radius 2 is 2.19 bits per heavy atom. The lowest BCUT2D eigenvalue weighted by Crippen LogP contribution is -2.38. The van der Waals surface area contributed by atoms with Crippen LogP contribution in [-0.2, 0) is 20.1 Å². The van der Waals surface area contributed by atoms with E-state index in [1.807, 2.05) is 54.8 Å². The molecule has 0 saturated carbocycles. The summed E-state index contributed by atoms with van der Waals surface area (Å²) in [7, 11) is 3.92. The monoisotopic (exact) mass is 352 g/mol. The number of hydrogen-bond acceptors (Lipinski definition) is 4. The van der Waals surface area contributed by atoms with E-state index < -0.39 is 0 Å². The first-order chi connectivity index (χ1) is 12.6. The Morgan fingerprint density at radius 3 is 2.88 bits per heavy atom. The molecule has 2 aromatic heterocycles. The van der Waals surface area contributed by atoms with E-state index in [9.17, 15) is 0 Å². The third-order valence-electron chi connectivity index (χ3n) is 4.19. The number of para-hydroxylation sites is 1. The van der Waals surface area contributed by atoms with E-state index in [0.717, 1.165) is 34.3 Å². The van der Waals surface area contributed by atoms with Crippen LogP contribution in [0.3, 0.4) is 0 Å². The minimum atomic E-state index is 0.446. The maximum atomic E-state index is 5.91. The number of aromatic nitrogens is 3. The Labute approximate surface area is 153 Å². The van der Waals surface area contributed by atoms with Crippen molar-refractivity contribution in [1.82, 2.24) is 25.0 Å². The van der Waals surface area contributed by atoms with Crippen LogP contribution in [-0.4, -0.2) is 39.2 Å². The molecule has 0 unspecified atom stereocenters. The molecule has 0 aliphatic rings.